The van der Waals surface area contributed by atoms with Crippen molar-refractivity contribution in [3.05, 3.63) is 54.4 Å². The molecule has 2 aromatic rings. The molecule has 3 rings (SSSR count). The zero-order valence-electron chi connectivity index (χ0n) is 14.1. The van der Waals surface area contributed by atoms with Crippen LogP contribution in [0.4, 0.5) is 0 Å². The number of hydrogen-bond donors (Lipinski definition) is 1. The third-order valence-electron chi connectivity index (χ3n) is 4.56. The first-order valence-corrected chi connectivity index (χ1v) is 8.83. The topological polar surface area (TPSA) is 50.2 Å². The average molecular weight is 326 g/mol. The first-order valence-electron chi connectivity index (χ1n) is 8.83. The van der Waals surface area contributed by atoms with Gasteiger partial charge in [-0.1, -0.05) is 30.3 Å². The van der Waals surface area contributed by atoms with Gasteiger partial charge >= 0.3 is 0 Å². The molecule has 128 valence electrons. The van der Waals surface area contributed by atoms with Crippen LogP contribution in [0.5, 0.6) is 0 Å². The van der Waals surface area contributed by atoms with E-state index in [1.807, 2.05) is 12.3 Å². The van der Waals surface area contributed by atoms with Gasteiger partial charge in [-0.25, -0.2) is 0 Å². The second-order valence-corrected chi connectivity index (χ2v) is 6.46. The predicted molar refractivity (Wildman–Crippen MR) is 94.6 cm³/mol. The minimum Gasteiger partial charge on any atom is -0.352 e. The Hall–Kier alpha value is -2.14. The van der Waals surface area contributed by atoms with Crippen LogP contribution in [0.3, 0.4) is 0 Å². The molecule has 24 heavy (non-hydrogen) atoms. The lowest BCUT2D eigenvalue weighted by Gasteiger charge is -2.33. The van der Waals surface area contributed by atoms with Crippen LogP contribution in [0.1, 0.15) is 24.8 Å². The number of piperidine rings is 1. The van der Waals surface area contributed by atoms with Crippen LogP contribution in [0, 0.1) is 0 Å². The van der Waals surface area contributed by atoms with Crippen molar-refractivity contribution in [2.75, 3.05) is 19.6 Å². The lowest BCUT2D eigenvalue weighted by molar-refractivity contribution is -0.122. The van der Waals surface area contributed by atoms with Crippen LogP contribution >= 0.6 is 0 Å². The van der Waals surface area contributed by atoms with E-state index in [2.05, 4.69) is 45.6 Å². The van der Waals surface area contributed by atoms with E-state index in [0.717, 1.165) is 38.9 Å². The molecular formula is C19H26N4O. The number of nitrogens with one attached hydrogen (secondary N) is 1. The number of benzene rings is 1. The molecule has 1 aromatic carbocycles. The number of hydrogen-bond acceptors (Lipinski definition) is 3. The largest absolute Gasteiger partial charge is 0.352 e. The Labute approximate surface area is 143 Å². The fourth-order valence-electron chi connectivity index (χ4n) is 3.26. The van der Waals surface area contributed by atoms with E-state index in [1.54, 1.807) is 10.9 Å². The molecule has 0 bridgehead atoms. The fourth-order valence-corrected chi connectivity index (χ4v) is 3.26. The SMILES string of the molecule is O=C(CCn1cccn1)N[C@@H]1CCCN(CCc2ccccc2)C1. The summed E-state index contributed by atoms with van der Waals surface area (Å²) < 4.78 is 1.80. The Bertz CT molecular complexity index is 612. The fraction of sp³-hybridized carbons (Fsp3) is 0.474. The molecule has 5 heteroatoms. The highest BCUT2D eigenvalue weighted by Gasteiger charge is 2.21. The van der Waals surface area contributed by atoms with Crippen LogP contribution in [0.15, 0.2) is 48.8 Å². The van der Waals surface area contributed by atoms with Crippen LogP contribution in [-0.2, 0) is 17.8 Å². The number of aryl methyl sites for hydroxylation is 1. The molecule has 0 aliphatic carbocycles. The summed E-state index contributed by atoms with van der Waals surface area (Å²) >= 11 is 0. The highest BCUT2D eigenvalue weighted by molar-refractivity contribution is 5.76. The predicted octanol–water partition coefficient (Wildman–Crippen LogP) is 2.10. The maximum absolute atomic E-state index is 12.1. The van der Waals surface area contributed by atoms with E-state index >= 15 is 0 Å². The molecule has 0 saturated carbocycles. The lowest BCUT2D eigenvalue weighted by Crippen LogP contribution is -2.48. The zero-order valence-corrected chi connectivity index (χ0v) is 14.1. The van der Waals surface area contributed by atoms with Gasteiger partial charge in [0, 0.05) is 44.5 Å². The Kier molecular flexibility index (Phi) is 6.01. The number of carbonyl (C=O) groups excluding carboxylic acids is 1. The summed E-state index contributed by atoms with van der Waals surface area (Å²) in [5, 5.41) is 7.32. The molecule has 1 fully saturated rings. The van der Waals surface area contributed by atoms with Crippen molar-refractivity contribution in [3.63, 3.8) is 0 Å². The third-order valence-corrected chi connectivity index (χ3v) is 4.56. The van der Waals surface area contributed by atoms with E-state index < -0.39 is 0 Å². The monoisotopic (exact) mass is 326 g/mol. The van der Waals surface area contributed by atoms with Crippen molar-refractivity contribution in [3.8, 4) is 0 Å². The highest BCUT2D eigenvalue weighted by Crippen LogP contribution is 2.11. The van der Waals surface area contributed by atoms with E-state index in [9.17, 15) is 4.79 Å². The van der Waals surface area contributed by atoms with Crippen molar-refractivity contribution in [2.24, 2.45) is 0 Å². The number of aromatic nitrogens is 2. The molecule has 1 aromatic heterocycles. The normalized spacial score (nSPS) is 18.4. The quantitative estimate of drug-likeness (QED) is 0.848. The van der Waals surface area contributed by atoms with Crippen molar-refractivity contribution >= 4 is 5.91 Å². The van der Waals surface area contributed by atoms with Gasteiger partial charge in [0.15, 0.2) is 0 Å². The molecule has 1 atom stereocenters. The summed E-state index contributed by atoms with van der Waals surface area (Å²) in [6, 6.07) is 12.8. The summed E-state index contributed by atoms with van der Waals surface area (Å²) in [6.45, 7) is 3.79. The summed E-state index contributed by atoms with van der Waals surface area (Å²) in [5.41, 5.74) is 1.38. The van der Waals surface area contributed by atoms with Gasteiger partial charge in [0.05, 0.1) is 0 Å². The standard InChI is InChI=1S/C19H26N4O/c24-19(10-15-23-13-5-11-20-23)21-18-8-4-12-22(16-18)14-9-17-6-2-1-3-7-17/h1-3,5-7,11,13,18H,4,8-10,12,14-16H2,(H,21,24)/t18-/m1/s1. The number of nitrogens with zero attached hydrogens (tertiary/aromatic N) is 3. The van der Waals surface area contributed by atoms with Gasteiger partial charge < -0.3 is 10.2 Å². The van der Waals surface area contributed by atoms with Crippen LogP contribution < -0.4 is 5.32 Å². The molecule has 5 nitrogen and oxygen atoms in total. The Balaban J connectivity index is 1.39. The summed E-state index contributed by atoms with van der Waals surface area (Å²) in [6.07, 6.45) is 7.42. The highest BCUT2D eigenvalue weighted by atomic mass is 16.1. The lowest BCUT2D eigenvalue weighted by atomic mass is 10.0. The Morgan fingerprint density at radius 2 is 2.08 bits per heavy atom. The second kappa shape index (κ2) is 8.64. The minimum absolute atomic E-state index is 0.125. The van der Waals surface area contributed by atoms with Crippen molar-refractivity contribution in [1.82, 2.24) is 20.0 Å². The summed E-state index contributed by atoms with van der Waals surface area (Å²) in [7, 11) is 0. The van der Waals surface area contributed by atoms with Gasteiger partial charge in [-0.2, -0.15) is 5.10 Å². The molecule has 1 N–H and O–H groups in total. The van der Waals surface area contributed by atoms with Crippen LogP contribution in [0.25, 0.3) is 0 Å². The zero-order chi connectivity index (χ0) is 16.6. The molecule has 0 radical (unpaired) electrons. The molecule has 1 saturated heterocycles. The third kappa shape index (κ3) is 5.20. The molecule has 1 aliphatic rings. The van der Waals surface area contributed by atoms with E-state index in [0.29, 0.717) is 13.0 Å². The maximum atomic E-state index is 12.1. The molecule has 1 aliphatic heterocycles. The Morgan fingerprint density at radius 3 is 2.88 bits per heavy atom. The molecular weight excluding hydrogens is 300 g/mol. The van der Waals surface area contributed by atoms with Crippen molar-refractivity contribution in [2.45, 2.75) is 38.3 Å². The van der Waals surface area contributed by atoms with E-state index in [1.165, 1.54) is 5.56 Å². The first-order chi connectivity index (χ1) is 11.8. The van der Waals surface area contributed by atoms with Gasteiger partial charge in [0.2, 0.25) is 5.91 Å². The molecule has 2 heterocycles. The Morgan fingerprint density at radius 1 is 1.21 bits per heavy atom. The number of carbonyl (C=O) groups is 1. The molecule has 0 unspecified atom stereocenters. The van der Waals surface area contributed by atoms with Gasteiger partial charge in [0.25, 0.3) is 0 Å². The first kappa shape index (κ1) is 16.7. The minimum atomic E-state index is 0.125. The van der Waals surface area contributed by atoms with Crippen LogP contribution in [-0.4, -0.2) is 46.3 Å². The van der Waals surface area contributed by atoms with Gasteiger partial charge in [-0.15, -0.1) is 0 Å². The van der Waals surface area contributed by atoms with Crippen molar-refractivity contribution < 1.29 is 4.79 Å². The molecule has 0 spiro atoms. The van der Waals surface area contributed by atoms with E-state index in [-0.39, 0.29) is 11.9 Å². The van der Waals surface area contributed by atoms with Gasteiger partial charge in [-0.05, 0) is 37.4 Å². The maximum Gasteiger partial charge on any atom is 0.222 e. The summed E-state index contributed by atoms with van der Waals surface area (Å²) in [5.74, 6) is 0.125. The van der Waals surface area contributed by atoms with Crippen molar-refractivity contribution in [1.29, 1.82) is 0 Å². The second-order valence-electron chi connectivity index (χ2n) is 6.46. The van der Waals surface area contributed by atoms with Crippen LogP contribution in [0.2, 0.25) is 0 Å². The average Bonchev–Trinajstić information content (AvgIpc) is 3.13. The number of amides is 1. The summed E-state index contributed by atoms with van der Waals surface area (Å²) in [4.78, 5) is 14.6. The smallest absolute Gasteiger partial charge is 0.222 e. The van der Waals surface area contributed by atoms with E-state index in [4.69, 9.17) is 0 Å². The number of likely N-dealkylation sites (tertiary alicyclic amines) is 1. The number of rotatable bonds is 7. The van der Waals surface area contributed by atoms with Gasteiger partial charge in [0.1, 0.15) is 0 Å². The van der Waals surface area contributed by atoms with Gasteiger partial charge in [-0.3, -0.25) is 9.48 Å². The molecule has 1 amide bonds.